The van der Waals surface area contributed by atoms with Crippen molar-refractivity contribution in [3.63, 3.8) is 0 Å². The van der Waals surface area contributed by atoms with Crippen molar-refractivity contribution in [3.8, 4) is 5.75 Å². The van der Waals surface area contributed by atoms with Crippen LogP contribution in [0.4, 0.5) is 4.39 Å². The Labute approximate surface area is 166 Å². The van der Waals surface area contributed by atoms with Gasteiger partial charge in [0.15, 0.2) is 6.61 Å². The number of likely N-dealkylation sites (tertiary alicyclic amines) is 1. The predicted octanol–water partition coefficient (Wildman–Crippen LogP) is 1.44. The summed E-state index contributed by atoms with van der Waals surface area (Å²) in [6.07, 6.45) is 2.65. The van der Waals surface area contributed by atoms with Crippen LogP contribution in [-0.2, 0) is 4.79 Å². The minimum atomic E-state index is -0.323. The summed E-state index contributed by atoms with van der Waals surface area (Å²) < 4.78 is 18.5. The van der Waals surface area contributed by atoms with Crippen molar-refractivity contribution in [2.45, 2.75) is 25.3 Å². The summed E-state index contributed by atoms with van der Waals surface area (Å²) in [6.45, 7) is 5.90. The molecule has 0 spiro atoms. The van der Waals surface area contributed by atoms with Crippen LogP contribution >= 0.6 is 0 Å². The van der Waals surface area contributed by atoms with Crippen molar-refractivity contribution >= 4 is 5.91 Å². The lowest BCUT2D eigenvalue weighted by Crippen LogP contribution is -2.57. The maximum absolute atomic E-state index is 13.0. The number of ether oxygens (including phenoxy) is 1. The smallest absolute Gasteiger partial charge is 0.260 e. The van der Waals surface area contributed by atoms with E-state index in [1.54, 1.807) is 0 Å². The van der Waals surface area contributed by atoms with Crippen LogP contribution in [0.15, 0.2) is 24.3 Å². The number of carbonyl (C=O) groups is 1. The lowest BCUT2D eigenvalue weighted by Gasteiger charge is -2.46. The second-order valence-electron chi connectivity index (χ2n) is 7.90. The number of halogens is 1. The molecule has 2 heterocycles. The van der Waals surface area contributed by atoms with Gasteiger partial charge in [0.05, 0.1) is 0 Å². The van der Waals surface area contributed by atoms with Gasteiger partial charge in [-0.3, -0.25) is 9.69 Å². The zero-order valence-electron chi connectivity index (χ0n) is 16.7. The molecule has 6 nitrogen and oxygen atoms in total. The maximum Gasteiger partial charge on any atom is 0.260 e. The highest BCUT2D eigenvalue weighted by atomic mass is 19.1. The molecule has 1 aromatic carbocycles. The molecule has 0 aromatic heterocycles. The fraction of sp³-hybridized carbons (Fsp3) is 0.667. The largest absolute Gasteiger partial charge is 0.484 e. The molecule has 2 aliphatic rings. The molecular formula is C21H32FN3O3. The zero-order valence-corrected chi connectivity index (χ0v) is 16.7. The molecule has 3 rings (SSSR count). The second-order valence-corrected chi connectivity index (χ2v) is 7.90. The Morgan fingerprint density at radius 3 is 2.57 bits per heavy atom. The quantitative estimate of drug-likeness (QED) is 0.760. The van der Waals surface area contributed by atoms with E-state index in [9.17, 15) is 14.3 Å². The molecular weight excluding hydrogens is 361 g/mol. The normalized spacial score (nSPS) is 24.3. The van der Waals surface area contributed by atoms with Crippen molar-refractivity contribution in [1.82, 2.24) is 14.7 Å². The number of piperazine rings is 1. The fourth-order valence-corrected chi connectivity index (χ4v) is 4.28. The molecule has 28 heavy (non-hydrogen) atoms. The number of hydrogen-bond donors (Lipinski definition) is 1. The average molecular weight is 394 g/mol. The number of carbonyl (C=O) groups excluding carboxylic acids is 1. The summed E-state index contributed by atoms with van der Waals surface area (Å²) in [6, 6.07) is 6.19. The third kappa shape index (κ3) is 5.65. The average Bonchev–Trinajstić information content (AvgIpc) is 2.72. The van der Waals surface area contributed by atoms with Crippen LogP contribution in [0.1, 0.15) is 19.3 Å². The van der Waals surface area contributed by atoms with Gasteiger partial charge in [0.2, 0.25) is 0 Å². The standard InChI is InChI=1S/C21H32FN3O3/c1-23-10-12-24(13-11-23)20-8-9-25(15-17(20)3-2-14-26)21(27)16-28-19-6-4-18(22)5-7-19/h4-7,17,20,26H,2-3,8-16H2,1H3/t17-,20+/m0/s1. The number of benzene rings is 1. The molecule has 0 radical (unpaired) electrons. The van der Waals surface area contributed by atoms with Gasteiger partial charge in [-0.25, -0.2) is 4.39 Å². The highest BCUT2D eigenvalue weighted by molar-refractivity contribution is 5.77. The summed E-state index contributed by atoms with van der Waals surface area (Å²) in [4.78, 5) is 19.4. The van der Waals surface area contributed by atoms with E-state index in [1.807, 2.05) is 4.90 Å². The van der Waals surface area contributed by atoms with E-state index in [1.165, 1.54) is 24.3 Å². The van der Waals surface area contributed by atoms with E-state index in [4.69, 9.17) is 4.74 Å². The number of amides is 1. The van der Waals surface area contributed by atoms with Gasteiger partial charge in [-0.05, 0) is 56.5 Å². The van der Waals surface area contributed by atoms with Gasteiger partial charge in [0, 0.05) is 51.9 Å². The van der Waals surface area contributed by atoms with Crippen molar-refractivity contribution in [2.75, 3.05) is 59.5 Å². The Kier molecular flexibility index (Phi) is 7.65. The van der Waals surface area contributed by atoms with Crippen LogP contribution in [0.5, 0.6) is 5.75 Å². The highest BCUT2D eigenvalue weighted by Crippen LogP contribution is 2.27. The van der Waals surface area contributed by atoms with Crippen LogP contribution in [0.25, 0.3) is 0 Å². The lowest BCUT2D eigenvalue weighted by atomic mass is 9.86. The number of piperidine rings is 1. The molecule has 1 aromatic rings. The van der Waals surface area contributed by atoms with Crippen molar-refractivity contribution in [1.29, 1.82) is 0 Å². The minimum absolute atomic E-state index is 0.0302. The first kappa shape index (κ1) is 21.0. The van der Waals surface area contributed by atoms with Gasteiger partial charge in [0.25, 0.3) is 5.91 Å². The van der Waals surface area contributed by atoms with Gasteiger partial charge in [-0.15, -0.1) is 0 Å². The number of nitrogens with zero attached hydrogens (tertiary/aromatic N) is 3. The molecule has 2 aliphatic heterocycles. The highest BCUT2D eigenvalue weighted by Gasteiger charge is 2.35. The summed E-state index contributed by atoms with van der Waals surface area (Å²) >= 11 is 0. The SMILES string of the molecule is CN1CCN([C@@H]2CCN(C(=O)COc3ccc(F)cc3)C[C@@H]2CCCO)CC1. The molecule has 1 amide bonds. The third-order valence-electron chi connectivity index (χ3n) is 5.96. The first-order valence-electron chi connectivity index (χ1n) is 10.3. The predicted molar refractivity (Wildman–Crippen MR) is 106 cm³/mol. The van der Waals surface area contributed by atoms with Crippen LogP contribution in [-0.4, -0.2) is 91.3 Å². The molecule has 2 fully saturated rings. The Morgan fingerprint density at radius 1 is 1.18 bits per heavy atom. The monoisotopic (exact) mass is 393 g/mol. The second kappa shape index (κ2) is 10.2. The summed E-state index contributed by atoms with van der Waals surface area (Å²) in [5.74, 6) is 0.518. The topological polar surface area (TPSA) is 56.2 Å². The van der Waals surface area contributed by atoms with Crippen LogP contribution in [0, 0.1) is 11.7 Å². The number of aliphatic hydroxyl groups is 1. The fourth-order valence-electron chi connectivity index (χ4n) is 4.28. The summed E-state index contributed by atoms with van der Waals surface area (Å²) in [5, 5.41) is 9.29. The third-order valence-corrected chi connectivity index (χ3v) is 5.96. The number of likely N-dealkylation sites (N-methyl/N-ethyl adjacent to an activating group) is 1. The number of rotatable bonds is 7. The first-order valence-corrected chi connectivity index (χ1v) is 10.3. The van der Waals surface area contributed by atoms with E-state index >= 15 is 0 Å². The van der Waals surface area contributed by atoms with E-state index < -0.39 is 0 Å². The van der Waals surface area contributed by atoms with Gasteiger partial charge >= 0.3 is 0 Å². The maximum atomic E-state index is 13.0. The Hall–Kier alpha value is -1.70. The number of aliphatic hydroxyl groups excluding tert-OH is 1. The van der Waals surface area contributed by atoms with Gasteiger partial charge in [-0.2, -0.15) is 0 Å². The Morgan fingerprint density at radius 2 is 1.89 bits per heavy atom. The van der Waals surface area contributed by atoms with E-state index in [0.29, 0.717) is 24.3 Å². The molecule has 0 bridgehead atoms. The summed E-state index contributed by atoms with van der Waals surface area (Å²) in [5.41, 5.74) is 0. The van der Waals surface area contributed by atoms with Crippen LogP contribution < -0.4 is 4.74 Å². The van der Waals surface area contributed by atoms with Crippen molar-refractivity contribution in [2.24, 2.45) is 5.92 Å². The molecule has 156 valence electrons. The minimum Gasteiger partial charge on any atom is -0.484 e. The molecule has 0 aliphatic carbocycles. The first-order chi connectivity index (χ1) is 13.6. The number of hydrogen-bond acceptors (Lipinski definition) is 5. The lowest BCUT2D eigenvalue weighted by molar-refractivity contribution is -0.136. The molecule has 2 atom stereocenters. The van der Waals surface area contributed by atoms with E-state index in [0.717, 1.165) is 52.0 Å². The Bertz CT molecular complexity index is 620. The van der Waals surface area contributed by atoms with Crippen molar-refractivity contribution in [3.05, 3.63) is 30.1 Å². The van der Waals surface area contributed by atoms with Crippen LogP contribution in [0.2, 0.25) is 0 Å². The Balaban J connectivity index is 1.54. The summed E-state index contributed by atoms with van der Waals surface area (Å²) in [7, 11) is 2.16. The van der Waals surface area contributed by atoms with Gasteiger partial charge in [0.1, 0.15) is 11.6 Å². The van der Waals surface area contributed by atoms with Gasteiger partial charge in [-0.1, -0.05) is 0 Å². The van der Waals surface area contributed by atoms with Crippen LogP contribution in [0.3, 0.4) is 0 Å². The van der Waals surface area contributed by atoms with E-state index in [2.05, 4.69) is 16.8 Å². The van der Waals surface area contributed by atoms with E-state index in [-0.39, 0.29) is 24.9 Å². The van der Waals surface area contributed by atoms with Crippen molar-refractivity contribution < 1.29 is 19.0 Å². The molecule has 1 N–H and O–H groups in total. The van der Waals surface area contributed by atoms with Gasteiger partial charge < -0.3 is 19.6 Å². The molecule has 0 saturated carbocycles. The molecule has 0 unspecified atom stereocenters. The molecule has 7 heteroatoms. The zero-order chi connectivity index (χ0) is 19.9. The molecule has 2 saturated heterocycles.